The molecule has 2 aromatic rings. The Morgan fingerprint density at radius 2 is 1.91 bits per heavy atom. The standard InChI is InChI=1S/C17H19BrN2O2/c1-11-3-6-13(7-4-11)16(21)10-19-17(22)9-15-14(18)8-5-12(2)20-15/h3-8,16,21H,9-10H2,1-2H3,(H,19,22)/t16-/m1/s1. The number of nitrogens with one attached hydrogen (secondary N) is 1. The Morgan fingerprint density at radius 3 is 2.59 bits per heavy atom. The molecule has 0 aliphatic carbocycles. The Labute approximate surface area is 138 Å². The number of pyridine rings is 1. The first-order chi connectivity index (χ1) is 10.5. The molecule has 0 saturated carbocycles. The topological polar surface area (TPSA) is 62.2 Å². The second-order valence-corrected chi connectivity index (χ2v) is 6.14. The van der Waals surface area contributed by atoms with Crippen LogP contribution in [0.25, 0.3) is 0 Å². The highest BCUT2D eigenvalue weighted by molar-refractivity contribution is 9.10. The number of carbonyl (C=O) groups excluding carboxylic acids is 1. The number of aliphatic hydroxyl groups is 1. The number of amides is 1. The summed E-state index contributed by atoms with van der Waals surface area (Å²) in [7, 11) is 0. The van der Waals surface area contributed by atoms with Gasteiger partial charge in [-0.2, -0.15) is 0 Å². The molecule has 0 radical (unpaired) electrons. The van der Waals surface area contributed by atoms with Gasteiger partial charge in [-0.1, -0.05) is 29.8 Å². The van der Waals surface area contributed by atoms with E-state index in [1.54, 1.807) is 0 Å². The predicted octanol–water partition coefficient (Wildman–Crippen LogP) is 2.85. The molecule has 0 aliphatic heterocycles. The van der Waals surface area contributed by atoms with Gasteiger partial charge in [-0.15, -0.1) is 0 Å². The third-order valence-electron chi connectivity index (χ3n) is 3.34. The van der Waals surface area contributed by atoms with Gasteiger partial charge in [0.15, 0.2) is 0 Å². The average Bonchev–Trinajstić information content (AvgIpc) is 2.49. The normalized spacial score (nSPS) is 12.0. The highest BCUT2D eigenvalue weighted by Gasteiger charge is 2.12. The summed E-state index contributed by atoms with van der Waals surface area (Å²) >= 11 is 3.39. The third-order valence-corrected chi connectivity index (χ3v) is 4.06. The van der Waals surface area contributed by atoms with E-state index in [1.165, 1.54) is 0 Å². The predicted molar refractivity (Wildman–Crippen MR) is 89.5 cm³/mol. The lowest BCUT2D eigenvalue weighted by Gasteiger charge is -2.13. The van der Waals surface area contributed by atoms with E-state index < -0.39 is 6.10 Å². The smallest absolute Gasteiger partial charge is 0.226 e. The first-order valence-electron chi connectivity index (χ1n) is 7.09. The highest BCUT2D eigenvalue weighted by Crippen LogP contribution is 2.16. The van der Waals surface area contributed by atoms with Gasteiger partial charge in [0.05, 0.1) is 18.2 Å². The summed E-state index contributed by atoms with van der Waals surface area (Å²) in [4.78, 5) is 16.3. The van der Waals surface area contributed by atoms with Gasteiger partial charge < -0.3 is 10.4 Å². The summed E-state index contributed by atoms with van der Waals surface area (Å²) in [6.45, 7) is 4.06. The van der Waals surface area contributed by atoms with E-state index in [-0.39, 0.29) is 18.9 Å². The largest absolute Gasteiger partial charge is 0.387 e. The maximum absolute atomic E-state index is 12.0. The molecule has 0 unspecified atom stereocenters. The monoisotopic (exact) mass is 362 g/mol. The molecular formula is C17H19BrN2O2. The molecule has 2 rings (SSSR count). The van der Waals surface area contributed by atoms with E-state index in [9.17, 15) is 9.90 Å². The number of halogens is 1. The van der Waals surface area contributed by atoms with Crippen molar-refractivity contribution in [2.75, 3.05) is 6.54 Å². The molecule has 116 valence electrons. The van der Waals surface area contributed by atoms with Gasteiger partial charge in [-0.05, 0) is 47.5 Å². The lowest BCUT2D eigenvalue weighted by atomic mass is 10.1. The summed E-state index contributed by atoms with van der Waals surface area (Å²) < 4.78 is 0.812. The van der Waals surface area contributed by atoms with Crippen molar-refractivity contribution in [3.63, 3.8) is 0 Å². The minimum Gasteiger partial charge on any atom is -0.387 e. The van der Waals surface area contributed by atoms with Crippen molar-refractivity contribution < 1.29 is 9.90 Å². The van der Waals surface area contributed by atoms with Crippen LogP contribution in [-0.2, 0) is 11.2 Å². The minimum atomic E-state index is -0.710. The SMILES string of the molecule is Cc1ccc([C@H](O)CNC(=O)Cc2nc(C)ccc2Br)cc1. The zero-order chi connectivity index (χ0) is 16.1. The van der Waals surface area contributed by atoms with Gasteiger partial charge in [0.25, 0.3) is 0 Å². The number of hydrogen-bond acceptors (Lipinski definition) is 3. The molecule has 1 amide bonds. The van der Waals surface area contributed by atoms with E-state index in [0.29, 0.717) is 5.69 Å². The van der Waals surface area contributed by atoms with Gasteiger partial charge in [0.2, 0.25) is 5.91 Å². The fourth-order valence-electron chi connectivity index (χ4n) is 2.05. The molecule has 1 heterocycles. The van der Waals surface area contributed by atoms with Crippen LogP contribution in [0, 0.1) is 13.8 Å². The van der Waals surface area contributed by atoms with Gasteiger partial charge >= 0.3 is 0 Å². The number of carbonyl (C=O) groups is 1. The van der Waals surface area contributed by atoms with Crippen molar-refractivity contribution in [1.29, 1.82) is 0 Å². The van der Waals surface area contributed by atoms with Crippen LogP contribution in [0.15, 0.2) is 40.9 Å². The van der Waals surface area contributed by atoms with Crippen molar-refractivity contribution in [3.8, 4) is 0 Å². The lowest BCUT2D eigenvalue weighted by Crippen LogP contribution is -2.30. The third kappa shape index (κ3) is 4.64. The molecule has 0 aliphatic rings. The van der Waals surface area contributed by atoms with E-state index in [2.05, 4.69) is 26.2 Å². The Hall–Kier alpha value is -1.72. The fraction of sp³-hybridized carbons (Fsp3) is 0.294. The van der Waals surface area contributed by atoms with E-state index in [1.807, 2.05) is 50.2 Å². The summed E-state index contributed by atoms with van der Waals surface area (Å²) in [6, 6.07) is 11.4. The van der Waals surface area contributed by atoms with Crippen LogP contribution in [0.4, 0.5) is 0 Å². The zero-order valence-corrected chi connectivity index (χ0v) is 14.2. The molecule has 0 spiro atoms. The van der Waals surface area contributed by atoms with E-state index in [4.69, 9.17) is 0 Å². The quantitative estimate of drug-likeness (QED) is 0.859. The van der Waals surface area contributed by atoms with Crippen LogP contribution in [0.1, 0.15) is 28.6 Å². The number of aromatic nitrogens is 1. The van der Waals surface area contributed by atoms with E-state index >= 15 is 0 Å². The molecule has 4 nitrogen and oxygen atoms in total. The number of hydrogen-bond donors (Lipinski definition) is 2. The van der Waals surface area contributed by atoms with Crippen LogP contribution in [0.2, 0.25) is 0 Å². The Kier molecular flexibility index (Phi) is 5.69. The Bertz CT molecular complexity index is 656. The number of nitrogens with zero attached hydrogens (tertiary/aromatic N) is 1. The van der Waals surface area contributed by atoms with Crippen molar-refractivity contribution in [2.45, 2.75) is 26.4 Å². The molecule has 2 N–H and O–H groups in total. The molecule has 0 bridgehead atoms. The Balaban J connectivity index is 1.89. The van der Waals surface area contributed by atoms with E-state index in [0.717, 1.165) is 21.3 Å². The van der Waals surface area contributed by atoms with Crippen molar-refractivity contribution in [2.24, 2.45) is 0 Å². The lowest BCUT2D eigenvalue weighted by molar-refractivity contribution is -0.121. The van der Waals surface area contributed by atoms with Crippen molar-refractivity contribution in [1.82, 2.24) is 10.3 Å². The molecule has 0 fully saturated rings. The maximum atomic E-state index is 12.0. The first kappa shape index (κ1) is 16.6. The number of benzene rings is 1. The summed E-state index contributed by atoms with van der Waals surface area (Å²) in [5.41, 5.74) is 3.49. The average molecular weight is 363 g/mol. The molecule has 22 heavy (non-hydrogen) atoms. The van der Waals surface area contributed by atoms with Crippen molar-refractivity contribution in [3.05, 3.63) is 63.4 Å². The second-order valence-electron chi connectivity index (χ2n) is 5.29. The zero-order valence-electron chi connectivity index (χ0n) is 12.6. The summed E-state index contributed by atoms with van der Waals surface area (Å²) in [5.74, 6) is -0.162. The minimum absolute atomic E-state index is 0.162. The first-order valence-corrected chi connectivity index (χ1v) is 7.88. The molecule has 1 aromatic carbocycles. The molecule has 5 heteroatoms. The van der Waals surface area contributed by atoms with Crippen LogP contribution >= 0.6 is 15.9 Å². The van der Waals surface area contributed by atoms with Gasteiger partial charge in [-0.3, -0.25) is 9.78 Å². The molecule has 1 atom stereocenters. The van der Waals surface area contributed by atoms with Gasteiger partial charge in [0, 0.05) is 16.7 Å². The number of aryl methyl sites for hydroxylation is 2. The second kappa shape index (κ2) is 7.51. The van der Waals surface area contributed by atoms with Crippen LogP contribution in [-0.4, -0.2) is 22.5 Å². The van der Waals surface area contributed by atoms with Gasteiger partial charge in [-0.25, -0.2) is 0 Å². The van der Waals surface area contributed by atoms with Crippen LogP contribution in [0.3, 0.4) is 0 Å². The summed E-state index contributed by atoms with van der Waals surface area (Å²) in [5, 5.41) is 12.8. The van der Waals surface area contributed by atoms with Crippen LogP contribution < -0.4 is 5.32 Å². The van der Waals surface area contributed by atoms with Crippen molar-refractivity contribution >= 4 is 21.8 Å². The molecule has 0 saturated heterocycles. The Morgan fingerprint density at radius 1 is 1.23 bits per heavy atom. The highest BCUT2D eigenvalue weighted by atomic mass is 79.9. The number of rotatable bonds is 5. The molecular weight excluding hydrogens is 344 g/mol. The molecule has 1 aromatic heterocycles. The maximum Gasteiger partial charge on any atom is 0.226 e. The van der Waals surface area contributed by atoms with Gasteiger partial charge in [0.1, 0.15) is 0 Å². The fourth-order valence-corrected chi connectivity index (χ4v) is 2.41. The summed E-state index contributed by atoms with van der Waals surface area (Å²) in [6.07, 6.45) is -0.526. The number of aliphatic hydroxyl groups excluding tert-OH is 1. The van der Waals surface area contributed by atoms with Crippen LogP contribution in [0.5, 0.6) is 0 Å².